The SMILES string of the molecule is Cc1cc(Cl)nc(OCC2CCCCN2C(=O)OC(C)(C)C)n1. The number of ether oxygens (including phenoxy) is 2. The van der Waals surface area contributed by atoms with Gasteiger partial charge in [0.15, 0.2) is 0 Å². The topological polar surface area (TPSA) is 64.5 Å². The van der Waals surface area contributed by atoms with E-state index in [-0.39, 0.29) is 18.1 Å². The number of halogens is 1. The maximum atomic E-state index is 12.3. The van der Waals surface area contributed by atoms with Crippen LogP contribution in [0.15, 0.2) is 6.07 Å². The number of hydrogen-bond donors (Lipinski definition) is 0. The second-order valence-electron chi connectivity index (χ2n) is 6.75. The molecule has 128 valence electrons. The predicted molar refractivity (Wildman–Crippen MR) is 87.9 cm³/mol. The van der Waals surface area contributed by atoms with Gasteiger partial charge in [0, 0.05) is 12.2 Å². The minimum atomic E-state index is -0.507. The summed E-state index contributed by atoms with van der Waals surface area (Å²) in [4.78, 5) is 22.3. The van der Waals surface area contributed by atoms with Crippen LogP contribution in [0.25, 0.3) is 0 Å². The number of aryl methyl sites for hydroxylation is 1. The Kier molecular flexibility index (Phi) is 5.68. The quantitative estimate of drug-likeness (QED) is 0.786. The second kappa shape index (κ2) is 7.34. The molecule has 0 aromatic carbocycles. The third-order valence-corrected chi connectivity index (χ3v) is 3.66. The molecule has 23 heavy (non-hydrogen) atoms. The molecule has 1 fully saturated rings. The molecule has 0 aliphatic carbocycles. The lowest BCUT2D eigenvalue weighted by atomic mass is 10.0. The lowest BCUT2D eigenvalue weighted by Crippen LogP contribution is -2.48. The monoisotopic (exact) mass is 341 g/mol. The number of aromatic nitrogens is 2. The Balaban J connectivity index is 1.99. The lowest BCUT2D eigenvalue weighted by Gasteiger charge is -2.36. The van der Waals surface area contributed by atoms with Gasteiger partial charge in [-0.1, -0.05) is 11.6 Å². The zero-order valence-corrected chi connectivity index (χ0v) is 14.9. The molecule has 1 unspecified atom stereocenters. The number of nitrogens with zero attached hydrogens (tertiary/aromatic N) is 3. The van der Waals surface area contributed by atoms with E-state index in [0.717, 1.165) is 25.0 Å². The number of hydrogen-bond acceptors (Lipinski definition) is 5. The molecule has 0 saturated carbocycles. The summed E-state index contributed by atoms with van der Waals surface area (Å²) in [6, 6.07) is 1.87. The highest BCUT2D eigenvalue weighted by Crippen LogP contribution is 2.21. The van der Waals surface area contributed by atoms with Gasteiger partial charge < -0.3 is 14.4 Å². The van der Waals surface area contributed by atoms with Crippen LogP contribution in [-0.4, -0.2) is 45.8 Å². The van der Waals surface area contributed by atoms with Gasteiger partial charge in [-0.15, -0.1) is 0 Å². The molecule has 0 spiro atoms. The number of carbonyl (C=O) groups is 1. The molecule has 1 aliphatic rings. The Labute approximate surface area is 142 Å². The van der Waals surface area contributed by atoms with Crippen molar-refractivity contribution >= 4 is 17.7 Å². The summed E-state index contributed by atoms with van der Waals surface area (Å²) in [7, 11) is 0. The van der Waals surface area contributed by atoms with Gasteiger partial charge in [0.2, 0.25) is 0 Å². The van der Waals surface area contributed by atoms with E-state index in [4.69, 9.17) is 21.1 Å². The lowest BCUT2D eigenvalue weighted by molar-refractivity contribution is 0.00304. The van der Waals surface area contributed by atoms with Crippen LogP contribution in [0.2, 0.25) is 5.15 Å². The molecular weight excluding hydrogens is 318 g/mol. The molecule has 1 atom stereocenters. The van der Waals surface area contributed by atoms with Crippen molar-refractivity contribution < 1.29 is 14.3 Å². The summed E-state index contributed by atoms with van der Waals surface area (Å²) >= 11 is 5.91. The predicted octanol–water partition coefficient (Wildman–Crippen LogP) is 3.61. The van der Waals surface area contributed by atoms with Gasteiger partial charge in [-0.05, 0) is 53.0 Å². The Morgan fingerprint density at radius 1 is 1.39 bits per heavy atom. The first-order chi connectivity index (χ1) is 10.7. The van der Waals surface area contributed by atoms with Crippen LogP contribution in [0, 0.1) is 6.92 Å². The molecule has 0 radical (unpaired) electrons. The highest BCUT2D eigenvalue weighted by atomic mass is 35.5. The fourth-order valence-electron chi connectivity index (χ4n) is 2.47. The highest BCUT2D eigenvalue weighted by Gasteiger charge is 2.31. The molecule has 6 nitrogen and oxygen atoms in total. The van der Waals surface area contributed by atoms with Crippen molar-refractivity contribution in [1.82, 2.24) is 14.9 Å². The van der Waals surface area contributed by atoms with Gasteiger partial charge >= 0.3 is 12.1 Å². The zero-order chi connectivity index (χ0) is 17.0. The van der Waals surface area contributed by atoms with Crippen molar-refractivity contribution in [2.24, 2.45) is 0 Å². The summed E-state index contributed by atoms with van der Waals surface area (Å²) in [6.07, 6.45) is 2.61. The first kappa shape index (κ1) is 17.8. The number of likely N-dealkylation sites (tertiary alicyclic amines) is 1. The summed E-state index contributed by atoms with van der Waals surface area (Å²) in [5.41, 5.74) is 0.236. The molecule has 2 rings (SSSR count). The smallest absolute Gasteiger partial charge is 0.410 e. The Bertz CT molecular complexity index is 540. The van der Waals surface area contributed by atoms with Crippen LogP contribution in [0.4, 0.5) is 4.79 Å². The molecule has 1 aromatic heterocycles. The fourth-order valence-corrected chi connectivity index (χ4v) is 2.70. The highest BCUT2D eigenvalue weighted by molar-refractivity contribution is 6.29. The van der Waals surface area contributed by atoms with Crippen molar-refractivity contribution in [1.29, 1.82) is 0 Å². The first-order valence-corrected chi connectivity index (χ1v) is 8.26. The van der Waals surface area contributed by atoms with E-state index in [1.807, 2.05) is 27.7 Å². The van der Waals surface area contributed by atoms with Gasteiger partial charge in [-0.25, -0.2) is 9.78 Å². The maximum Gasteiger partial charge on any atom is 0.410 e. The van der Waals surface area contributed by atoms with Crippen molar-refractivity contribution in [3.8, 4) is 6.01 Å². The normalized spacial score (nSPS) is 18.7. The third kappa shape index (κ3) is 5.53. The summed E-state index contributed by atoms with van der Waals surface area (Å²) < 4.78 is 11.1. The number of rotatable bonds is 3. The van der Waals surface area contributed by atoms with Gasteiger partial charge in [0.25, 0.3) is 0 Å². The van der Waals surface area contributed by atoms with Crippen LogP contribution >= 0.6 is 11.6 Å². The van der Waals surface area contributed by atoms with Gasteiger partial charge in [-0.3, -0.25) is 0 Å². The first-order valence-electron chi connectivity index (χ1n) is 7.88. The van der Waals surface area contributed by atoms with Gasteiger partial charge in [0.05, 0.1) is 6.04 Å². The minimum Gasteiger partial charge on any atom is -0.461 e. The molecule has 7 heteroatoms. The number of piperidine rings is 1. The second-order valence-corrected chi connectivity index (χ2v) is 7.14. The molecule has 2 heterocycles. The Morgan fingerprint density at radius 2 is 2.13 bits per heavy atom. The molecule has 1 aliphatic heterocycles. The Hall–Kier alpha value is -1.56. The number of amides is 1. The van der Waals surface area contributed by atoms with E-state index in [1.165, 1.54) is 0 Å². The molecular formula is C16H24ClN3O3. The average Bonchev–Trinajstić information content (AvgIpc) is 2.42. The van der Waals surface area contributed by atoms with Crippen molar-refractivity contribution in [3.05, 3.63) is 16.9 Å². The summed E-state index contributed by atoms with van der Waals surface area (Å²) in [5.74, 6) is 0. The number of carbonyl (C=O) groups excluding carboxylic acids is 1. The summed E-state index contributed by atoms with van der Waals surface area (Å²) in [6.45, 7) is 8.43. The van der Waals surface area contributed by atoms with Crippen molar-refractivity contribution in [3.63, 3.8) is 0 Å². The Morgan fingerprint density at radius 3 is 2.78 bits per heavy atom. The fraction of sp³-hybridized carbons (Fsp3) is 0.688. The van der Waals surface area contributed by atoms with Crippen LogP contribution in [0.3, 0.4) is 0 Å². The van der Waals surface area contributed by atoms with E-state index < -0.39 is 5.60 Å². The van der Waals surface area contributed by atoms with E-state index in [2.05, 4.69) is 9.97 Å². The third-order valence-electron chi connectivity index (χ3n) is 3.46. The molecule has 1 saturated heterocycles. The van der Waals surface area contributed by atoms with Gasteiger partial charge in [0.1, 0.15) is 17.4 Å². The van der Waals surface area contributed by atoms with Crippen molar-refractivity contribution in [2.45, 2.75) is 58.6 Å². The van der Waals surface area contributed by atoms with Gasteiger partial charge in [-0.2, -0.15) is 4.98 Å². The van der Waals surface area contributed by atoms with E-state index >= 15 is 0 Å². The van der Waals surface area contributed by atoms with Crippen LogP contribution in [-0.2, 0) is 4.74 Å². The average molecular weight is 342 g/mol. The van der Waals surface area contributed by atoms with Crippen LogP contribution in [0.1, 0.15) is 45.7 Å². The molecule has 0 N–H and O–H groups in total. The van der Waals surface area contributed by atoms with E-state index in [1.54, 1.807) is 11.0 Å². The maximum absolute atomic E-state index is 12.3. The largest absolute Gasteiger partial charge is 0.461 e. The van der Waals surface area contributed by atoms with Crippen LogP contribution in [0.5, 0.6) is 6.01 Å². The minimum absolute atomic E-state index is 0.0403. The molecule has 1 amide bonds. The van der Waals surface area contributed by atoms with Crippen LogP contribution < -0.4 is 4.74 Å². The van der Waals surface area contributed by atoms with E-state index in [0.29, 0.717) is 18.3 Å². The standard InChI is InChI=1S/C16H24ClN3O3/c1-11-9-13(17)19-14(18-11)22-10-12-7-5-6-8-20(12)15(21)23-16(2,3)4/h9,12H,5-8,10H2,1-4H3. The van der Waals surface area contributed by atoms with Crippen molar-refractivity contribution in [2.75, 3.05) is 13.2 Å². The molecule has 0 bridgehead atoms. The summed E-state index contributed by atoms with van der Waals surface area (Å²) in [5, 5.41) is 0.347. The molecule has 1 aromatic rings. The van der Waals surface area contributed by atoms with E-state index in [9.17, 15) is 4.79 Å². The zero-order valence-electron chi connectivity index (χ0n) is 14.1.